The fourth-order valence-electron chi connectivity index (χ4n) is 2.56. The van der Waals surface area contributed by atoms with Gasteiger partial charge in [-0.25, -0.2) is 0 Å². The van der Waals surface area contributed by atoms with Gasteiger partial charge in [-0.15, -0.1) is 0 Å². The van der Waals surface area contributed by atoms with Crippen LogP contribution in [-0.4, -0.2) is 38.3 Å². The molecule has 0 heterocycles. The topological polar surface area (TPSA) is 50.4 Å². The molecule has 0 aromatic carbocycles. The molecule has 4 nitrogen and oxygen atoms in total. The summed E-state index contributed by atoms with van der Waals surface area (Å²) in [6, 6.07) is 0. The molecule has 19 heavy (non-hydrogen) atoms. The molecule has 0 saturated heterocycles. The number of carbonyl (C=O) groups is 1. The molecule has 2 aliphatic rings. The van der Waals surface area contributed by atoms with Gasteiger partial charge in [-0.1, -0.05) is 19.3 Å². The maximum atomic E-state index is 11.5. The SMILES string of the molecule is O=C(CNCC1CC1)NCCCOC1CCCCC1. The molecule has 2 aliphatic carbocycles. The van der Waals surface area contributed by atoms with E-state index in [4.69, 9.17) is 4.74 Å². The first-order valence-corrected chi connectivity index (χ1v) is 7.93. The highest BCUT2D eigenvalue weighted by atomic mass is 16.5. The standard InChI is InChI=1S/C15H28N2O2/c18-15(12-16-11-13-7-8-13)17-9-4-10-19-14-5-2-1-3-6-14/h13-14,16H,1-12H2,(H,17,18). The van der Waals surface area contributed by atoms with Crippen LogP contribution >= 0.6 is 0 Å². The number of hydrogen-bond acceptors (Lipinski definition) is 3. The Hall–Kier alpha value is -0.610. The first-order valence-electron chi connectivity index (χ1n) is 7.93. The van der Waals surface area contributed by atoms with Crippen LogP contribution in [0.5, 0.6) is 0 Å². The fourth-order valence-corrected chi connectivity index (χ4v) is 2.56. The van der Waals surface area contributed by atoms with Gasteiger partial charge in [0, 0.05) is 13.2 Å². The molecule has 0 aromatic rings. The molecule has 1 amide bonds. The Morgan fingerprint density at radius 3 is 2.63 bits per heavy atom. The Balaban J connectivity index is 1.37. The van der Waals surface area contributed by atoms with E-state index >= 15 is 0 Å². The van der Waals surface area contributed by atoms with Crippen molar-refractivity contribution in [2.24, 2.45) is 5.92 Å². The molecule has 0 atom stereocenters. The zero-order chi connectivity index (χ0) is 13.3. The van der Waals surface area contributed by atoms with Gasteiger partial charge in [-0.3, -0.25) is 4.79 Å². The van der Waals surface area contributed by atoms with Gasteiger partial charge in [0.2, 0.25) is 5.91 Å². The molecule has 0 bridgehead atoms. The molecular weight excluding hydrogens is 240 g/mol. The summed E-state index contributed by atoms with van der Waals surface area (Å²) in [5.74, 6) is 0.940. The van der Waals surface area contributed by atoms with Crippen molar-refractivity contribution in [2.45, 2.75) is 57.5 Å². The minimum absolute atomic E-state index is 0.110. The quantitative estimate of drug-likeness (QED) is 0.627. The summed E-state index contributed by atoms with van der Waals surface area (Å²) in [7, 11) is 0. The minimum atomic E-state index is 0.110. The second-order valence-electron chi connectivity index (χ2n) is 5.91. The maximum Gasteiger partial charge on any atom is 0.233 e. The summed E-state index contributed by atoms with van der Waals surface area (Å²) < 4.78 is 5.82. The molecule has 2 rings (SSSR count). The van der Waals surface area contributed by atoms with Gasteiger partial charge in [-0.05, 0) is 44.6 Å². The van der Waals surface area contributed by atoms with Crippen LogP contribution in [-0.2, 0) is 9.53 Å². The first-order chi connectivity index (χ1) is 9.34. The molecular formula is C15H28N2O2. The maximum absolute atomic E-state index is 11.5. The monoisotopic (exact) mass is 268 g/mol. The molecule has 0 aliphatic heterocycles. The van der Waals surface area contributed by atoms with E-state index in [1.165, 1.54) is 44.9 Å². The number of amides is 1. The smallest absolute Gasteiger partial charge is 0.233 e. The minimum Gasteiger partial charge on any atom is -0.378 e. The summed E-state index contributed by atoms with van der Waals surface area (Å²) in [5, 5.41) is 6.13. The molecule has 0 aromatic heterocycles. The average Bonchev–Trinajstić information content (AvgIpc) is 3.24. The van der Waals surface area contributed by atoms with Gasteiger partial charge in [0.1, 0.15) is 0 Å². The second-order valence-corrected chi connectivity index (χ2v) is 5.91. The molecule has 2 N–H and O–H groups in total. The highest BCUT2D eigenvalue weighted by Crippen LogP contribution is 2.27. The van der Waals surface area contributed by atoms with Crippen LogP contribution in [0.2, 0.25) is 0 Å². The Morgan fingerprint density at radius 2 is 1.89 bits per heavy atom. The van der Waals surface area contributed by atoms with Crippen LogP contribution in [0.1, 0.15) is 51.4 Å². The van der Waals surface area contributed by atoms with Gasteiger partial charge >= 0.3 is 0 Å². The van der Waals surface area contributed by atoms with Gasteiger partial charge in [0.15, 0.2) is 0 Å². The van der Waals surface area contributed by atoms with E-state index in [1.54, 1.807) is 0 Å². The van der Waals surface area contributed by atoms with Crippen LogP contribution in [0.3, 0.4) is 0 Å². The summed E-state index contributed by atoms with van der Waals surface area (Å²) in [6.45, 7) is 2.97. The third-order valence-electron chi connectivity index (χ3n) is 3.96. The number of rotatable bonds is 9. The van der Waals surface area contributed by atoms with E-state index in [9.17, 15) is 4.79 Å². The zero-order valence-corrected chi connectivity index (χ0v) is 12.0. The Labute approximate surface area is 116 Å². The number of ether oxygens (including phenoxy) is 1. The van der Waals surface area contributed by atoms with E-state index < -0.39 is 0 Å². The molecule has 0 radical (unpaired) electrons. The van der Waals surface area contributed by atoms with Crippen molar-refractivity contribution in [3.8, 4) is 0 Å². The lowest BCUT2D eigenvalue weighted by Crippen LogP contribution is -2.35. The summed E-state index contributed by atoms with van der Waals surface area (Å²) >= 11 is 0. The van der Waals surface area contributed by atoms with Gasteiger partial charge < -0.3 is 15.4 Å². The normalized spacial score (nSPS) is 20.4. The predicted octanol–water partition coefficient (Wildman–Crippen LogP) is 1.84. The van der Waals surface area contributed by atoms with Crippen LogP contribution < -0.4 is 10.6 Å². The van der Waals surface area contributed by atoms with Gasteiger partial charge in [-0.2, -0.15) is 0 Å². The number of carbonyl (C=O) groups excluding carboxylic acids is 1. The lowest BCUT2D eigenvalue weighted by molar-refractivity contribution is -0.120. The van der Waals surface area contributed by atoms with Crippen molar-refractivity contribution in [3.05, 3.63) is 0 Å². The Bertz CT molecular complexity index is 261. The number of hydrogen-bond donors (Lipinski definition) is 2. The zero-order valence-electron chi connectivity index (χ0n) is 12.0. The first kappa shape index (κ1) is 14.8. The van der Waals surface area contributed by atoms with E-state index in [0.29, 0.717) is 12.6 Å². The highest BCUT2D eigenvalue weighted by Gasteiger charge is 2.20. The van der Waals surface area contributed by atoms with Crippen LogP contribution in [0, 0.1) is 5.92 Å². The molecule has 0 unspecified atom stereocenters. The molecule has 110 valence electrons. The molecule has 2 fully saturated rings. The van der Waals surface area contributed by atoms with E-state index in [2.05, 4.69) is 10.6 Å². The Kier molecular flexibility index (Phi) is 6.65. The third kappa shape index (κ3) is 6.92. The summed E-state index contributed by atoms with van der Waals surface area (Å²) in [4.78, 5) is 11.5. The van der Waals surface area contributed by atoms with Crippen LogP contribution in [0.25, 0.3) is 0 Å². The van der Waals surface area contributed by atoms with E-state index in [0.717, 1.165) is 32.0 Å². The molecule has 2 saturated carbocycles. The van der Waals surface area contributed by atoms with Crippen molar-refractivity contribution in [1.82, 2.24) is 10.6 Å². The average molecular weight is 268 g/mol. The second kappa shape index (κ2) is 8.54. The van der Waals surface area contributed by atoms with Gasteiger partial charge in [0.25, 0.3) is 0 Å². The number of nitrogens with one attached hydrogen (secondary N) is 2. The van der Waals surface area contributed by atoms with Crippen molar-refractivity contribution >= 4 is 5.91 Å². The van der Waals surface area contributed by atoms with Crippen molar-refractivity contribution in [1.29, 1.82) is 0 Å². The lowest BCUT2D eigenvalue weighted by atomic mass is 9.98. The van der Waals surface area contributed by atoms with Crippen LogP contribution in [0.15, 0.2) is 0 Å². The molecule has 4 heteroatoms. The molecule has 0 spiro atoms. The van der Waals surface area contributed by atoms with Crippen molar-refractivity contribution < 1.29 is 9.53 Å². The van der Waals surface area contributed by atoms with Crippen molar-refractivity contribution in [3.63, 3.8) is 0 Å². The van der Waals surface area contributed by atoms with E-state index in [1.807, 2.05) is 0 Å². The highest BCUT2D eigenvalue weighted by molar-refractivity contribution is 5.77. The largest absolute Gasteiger partial charge is 0.378 e. The Morgan fingerprint density at radius 1 is 1.11 bits per heavy atom. The third-order valence-corrected chi connectivity index (χ3v) is 3.96. The van der Waals surface area contributed by atoms with Gasteiger partial charge in [0.05, 0.1) is 12.6 Å². The predicted molar refractivity (Wildman–Crippen MR) is 76.0 cm³/mol. The van der Waals surface area contributed by atoms with E-state index in [-0.39, 0.29) is 5.91 Å². The summed E-state index contributed by atoms with van der Waals surface area (Å²) in [6.07, 6.45) is 10.5. The summed E-state index contributed by atoms with van der Waals surface area (Å²) in [5.41, 5.74) is 0. The van der Waals surface area contributed by atoms with Crippen molar-refractivity contribution in [2.75, 3.05) is 26.2 Å². The fraction of sp³-hybridized carbons (Fsp3) is 0.933. The lowest BCUT2D eigenvalue weighted by Gasteiger charge is -2.21. The van der Waals surface area contributed by atoms with Crippen LogP contribution in [0.4, 0.5) is 0 Å².